The first-order valence-electron chi connectivity index (χ1n) is 7.84. The fourth-order valence-corrected chi connectivity index (χ4v) is 2.11. The molecular formula is C19H20F2N2O2. The first-order chi connectivity index (χ1) is 11.8. The lowest BCUT2D eigenvalue weighted by atomic mass is 9.91. The zero-order chi connectivity index (χ0) is 18.4. The van der Waals surface area contributed by atoms with Crippen molar-refractivity contribution in [2.24, 2.45) is 5.41 Å². The lowest BCUT2D eigenvalue weighted by molar-refractivity contribution is -0.141. The van der Waals surface area contributed by atoms with E-state index in [0.717, 1.165) is 11.1 Å². The Kier molecular flexibility index (Phi) is 5.85. The Labute approximate surface area is 145 Å². The fourth-order valence-electron chi connectivity index (χ4n) is 2.11. The van der Waals surface area contributed by atoms with Gasteiger partial charge in [0.25, 0.3) is 0 Å². The second kappa shape index (κ2) is 7.88. The summed E-state index contributed by atoms with van der Waals surface area (Å²) in [5.41, 5.74) is 0.189. The zero-order valence-electron chi connectivity index (χ0n) is 14.1. The molecule has 0 radical (unpaired) electrons. The third-order valence-electron chi connectivity index (χ3n) is 3.87. The fraction of sp³-hybridized carbons (Fsp3) is 0.263. The maximum absolute atomic E-state index is 12.9. The highest BCUT2D eigenvalue weighted by Crippen LogP contribution is 2.16. The first kappa shape index (κ1) is 18.6. The minimum atomic E-state index is -1.28. The SMILES string of the molecule is CC(C)(C(=O)NCc1ccc(F)cc1)C(=O)NCc1ccc(F)cc1. The number of halogens is 2. The molecule has 0 aliphatic heterocycles. The number of carbonyl (C=O) groups is 2. The predicted octanol–water partition coefficient (Wildman–Crippen LogP) is 2.92. The van der Waals surface area contributed by atoms with Crippen molar-refractivity contribution in [2.75, 3.05) is 0 Å². The largest absolute Gasteiger partial charge is 0.351 e. The van der Waals surface area contributed by atoms with Crippen LogP contribution in [0.2, 0.25) is 0 Å². The predicted molar refractivity (Wildman–Crippen MR) is 90.3 cm³/mol. The minimum Gasteiger partial charge on any atom is -0.351 e. The van der Waals surface area contributed by atoms with Crippen molar-refractivity contribution < 1.29 is 18.4 Å². The minimum absolute atomic E-state index is 0.202. The smallest absolute Gasteiger partial charge is 0.235 e. The highest BCUT2D eigenvalue weighted by atomic mass is 19.1. The van der Waals surface area contributed by atoms with Gasteiger partial charge >= 0.3 is 0 Å². The summed E-state index contributed by atoms with van der Waals surface area (Å²) in [6.07, 6.45) is 0. The van der Waals surface area contributed by atoms with E-state index in [2.05, 4.69) is 10.6 Å². The molecule has 2 aromatic carbocycles. The molecule has 4 nitrogen and oxygen atoms in total. The van der Waals surface area contributed by atoms with Gasteiger partial charge in [-0.15, -0.1) is 0 Å². The molecule has 0 saturated carbocycles. The van der Waals surface area contributed by atoms with Gasteiger partial charge in [0.05, 0.1) is 0 Å². The first-order valence-corrected chi connectivity index (χ1v) is 7.84. The molecule has 2 N–H and O–H groups in total. The van der Waals surface area contributed by atoms with Crippen LogP contribution in [0.1, 0.15) is 25.0 Å². The Morgan fingerprint density at radius 3 is 1.40 bits per heavy atom. The van der Waals surface area contributed by atoms with Crippen LogP contribution >= 0.6 is 0 Å². The van der Waals surface area contributed by atoms with E-state index in [1.165, 1.54) is 38.1 Å². The van der Waals surface area contributed by atoms with Gasteiger partial charge in [-0.25, -0.2) is 8.78 Å². The number of nitrogens with one attached hydrogen (secondary N) is 2. The van der Waals surface area contributed by atoms with E-state index >= 15 is 0 Å². The molecule has 0 aliphatic rings. The van der Waals surface area contributed by atoms with Crippen molar-refractivity contribution in [1.82, 2.24) is 10.6 Å². The van der Waals surface area contributed by atoms with E-state index in [0.29, 0.717) is 0 Å². The van der Waals surface area contributed by atoms with E-state index in [-0.39, 0.29) is 24.7 Å². The molecular weight excluding hydrogens is 326 g/mol. The van der Waals surface area contributed by atoms with Crippen LogP contribution in [0.3, 0.4) is 0 Å². The van der Waals surface area contributed by atoms with Gasteiger partial charge in [0.2, 0.25) is 11.8 Å². The summed E-state index contributed by atoms with van der Waals surface area (Å²) in [4.78, 5) is 24.6. The Morgan fingerprint density at radius 1 is 0.760 bits per heavy atom. The molecule has 0 aliphatic carbocycles. The lowest BCUT2D eigenvalue weighted by Crippen LogP contribution is -2.47. The van der Waals surface area contributed by atoms with Gasteiger partial charge in [-0.05, 0) is 49.2 Å². The van der Waals surface area contributed by atoms with Crippen LogP contribution in [0.15, 0.2) is 48.5 Å². The molecule has 132 valence electrons. The summed E-state index contributed by atoms with van der Waals surface area (Å²) in [5, 5.41) is 5.35. The van der Waals surface area contributed by atoms with Crippen LogP contribution in [0.5, 0.6) is 0 Å². The summed E-state index contributed by atoms with van der Waals surface area (Å²) in [6.45, 7) is 3.45. The van der Waals surface area contributed by atoms with Crippen molar-refractivity contribution in [1.29, 1.82) is 0 Å². The number of hydrogen-bond donors (Lipinski definition) is 2. The average molecular weight is 346 g/mol. The molecule has 0 spiro atoms. The van der Waals surface area contributed by atoms with Crippen LogP contribution in [0, 0.1) is 17.0 Å². The van der Waals surface area contributed by atoms with Gasteiger partial charge in [-0.3, -0.25) is 9.59 Å². The second-order valence-electron chi connectivity index (χ2n) is 6.24. The standard InChI is InChI=1S/C19H20F2N2O2/c1-19(2,17(24)22-11-13-3-7-15(20)8-4-13)18(25)23-12-14-5-9-16(21)10-6-14/h3-10H,11-12H2,1-2H3,(H,22,24)(H,23,25). The van der Waals surface area contributed by atoms with Crippen LogP contribution in [-0.4, -0.2) is 11.8 Å². The van der Waals surface area contributed by atoms with Crippen molar-refractivity contribution in [2.45, 2.75) is 26.9 Å². The molecule has 2 rings (SSSR count). The Balaban J connectivity index is 1.89. The topological polar surface area (TPSA) is 58.2 Å². The van der Waals surface area contributed by atoms with Crippen LogP contribution in [-0.2, 0) is 22.7 Å². The Morgan fingerprint density at radius 2 is 1.08 bits per heavy atom. The average Bonchev–Trinajstić information content (AvgIpc) is 2.60. The van der Waals surface area contributed by atoms with E-state index in [4.69, 9.17) is 0 Å². The summed E-state index contributed by atoms with van der Waals surface area (Å²) in [7, 11) is 0. The van der Waals surface area contributed by atoms with E-state index in [1.807, 2.05) is 0 Å². The quantitative estimate of drug-likeness (QED) is 0.790. The molecule has 0 bridgehead atoms. The number of rotatable bonds is 6. The van der Waals surface area contributed by atoms with Crippen molar-refractivity contribution in [3.05, 3.63) is 71.3 Å². The highest BCUT2D eigenvalue weighted by molar-refractivity contribution is 6.04. The van der Waals surface area contributed by atoms with E-state index in [1.54, 1.807) is 24.3 Å². The molecule has 6 heteroatoms. The van der Waals surface area contributed by atoms with E-state index < -0.39 is 17.2 Å². The third kappa shape index (κ3) is 5.11. The van der Waals surface area contributed by atoms with Crippen LogP contribution < -0.4 is 10.6 Å². The number of carbonyl (C=O) groups excluding carboxylic acids is 2. The molecule has 0 heterocycles. The van der Waals surface area contributed by atoms with Crippen molar-refractivity contribution in [3.8, 4) is 0 Å². The van der Waals surface area contributed by atoms with Crippen molar-refractivity contribution in [3.63, 3.8) is 0 Å². The summed E-state index contributed by atoms with van der Waals surface area (Å²) in [6, 6.07) is 11.5. The number of amides is 2. The summed E-state index contributed by atoms with van der Waals surface area (Å²) < 4.78 is 25.7. The van der Waals surface area contributed by atoms with Gasteiger partial charge in [0, 0.05) is 13.1 Å². The van der Waals surface area contributed by atoms with Gasteiger partial charge < -0.3 is 10.6 Å². The number of benzene rings is 2. The molecule has 0 unspecified atom stereocenters. The Bertz CT molecular complexity index is 678. The summed E-state index contributed by atoms with van der Waals surface area (Å²) in [5.74, 6) is -1.58. The molecule has 0 fully saturated rings. The third-order valence-corrected chi connectivity index (χ3v) is 3.87. The lowest BCUT2D eigenvalue weighted by Gasteiger charge is -2.22. The molecule has 0 atom stereocenters. The van der Waals surface area contributed by atoms with Gasteiger partial charge in [0.1, 0.15) is 17.0 Å². The monoisotopic (exact) mass is 346 g/mol. The van der Waals surface area contributed by atoms with E-state index in [9.17, 15) is 18.4 Å². The van der Waals surface area contributed by atoms with Crippen LogP contribution in [0.4, 0.5) is 8.78 Å². The zero-order valence-corrected chi connectivity index (χ0v) is 14.1. The maximum Gasteiger partial charge on any atom is 0.235 e. The molecule has 25 heavy (non-hydrogen) atoms. The second-order valence-corrected chi connectivity index (χ2v) is 6.24. The molecule has 0 aromatic heterocycles. The van der Waals surface area contributed by atoms with Crippen molar-refractivity contribution >= 4 is 11.8 Å². The Hall–Kier alpha value is -2.76. The summed E-state index contributed by atoms with van der Waals surface area (Å²) >= 11 is 0. The maximum atomic E-state index is 12.9. The number of hydrogen-bond acceptors (Lipinski definition) is 2. The molecule has 0 saturated heterocycles. The van der Waals surface area contributed by atoms with Crippen LogP contribution in [0.25, 0.3) is 0 Å². The van der Waals surface area contributed by atoms with Gasteiger partial charge in [-0.1, -0.05) is 24.3 Å². The highest BCUT2D eigenvalue weighted by Gasteiger charge is 2.35. The molecule has 2 aromatic rings. The van der Waals surface area contributed by atoms with Gasteiger partial charge in [0.15, 0.2) is 0 Å². The molecule has 2 amide bonds. The van der Waals surface area contributed by atoms with Gasteiger partial charge in [-0.2, -0.15) is 0 Å². The normalized spacial score (nSPS) is 11.0.